The molecule has 0 aromatic carbocycles. The molecule has 0 bridgehead atoms. The standard InChI is InChI=1S/C6H11I2N/c1-9(2)6(8)4-3-5(6)7/h5H,3-4H2,1-2H3. The van der Waals surface area contributed by atoms with Crippen LogP contribution in [0.15, 0.2) is 0 Å². The van der Waals surface area contributed by atoms with Crippen LogP contribution in [0.4, 0.5) is 0 Å². The molecule has 9 heavy (non-hydrogen) atoms. The highest BCUT2D eigenvalue weighted by atomic mass is 127. The predicted molar refractivity (Wildman–Crippen MR) is 57.5 cm³/mol. The van der Waals surface area contributed by atoms with Gasteiger partial charge >= 0.3 is 0 Å². The second-order valence-corrected chi connectivity index (χ2v) is 6.09. The molecule has 0 aromatic rings. The molecule has 1 aliphatic rings. The van der Waals surface area contributed by atoms with Crippen LogP contribution < -0.4 is 0 Å². The first-order valence-electron chi connectivity index (χ1n) is 3.08. The van der Waals surface area contributed by atoms with E-state index in [2.05, 4.69) is 64.2 Å². The first-order valence-corrected chi connectivity index (χ1v) is 5.40. The number of nitrogens with zero attached hydrogens (tertiary/aromatic N) is 1. The first kappa shape index (κ1) is 8.52. The number of rotatable bonds is 1. The molecule has 0 aliphatic heterocycles. The van der Waals surface area contributed by atoms with Crippen molar-refractivity contribution in [3.63, 3.8) is 0 Å². The van der Waals surface area contributed by atoms with Crippen molar-refractivity contribution in [2.75, 3.05) is 14.1 Å². The number of halogens is 2. The van der Waals surface area contributed by atoms with Gasteiger partial charge in [0.25, 0.3) is 0 Å². The minimum absolute atomic E-state index is 0.471. The normalized spacial score (nSPS) is 43.0. The molecule has 1 saturated carbocycles. The largest absolute Gasteiger partial charge is 0.294 e. The molecule has 2 atom stereocenters. The SMILES string of the molecule is CN(C)C1(I)CCC1I. The summed E-state index contributed by atoms with van der Waals surface area (Å²) in [5.41, 5.74) is 0. The lowest BCUT2D eigenvalue weighted by atomic mass is 9.92. The van der Waals surface area contributed by atoms with E-state index in [1.165, 1.54) is 12.8 Å². The maximum atomic E-state index is 2.56. The smallest absolute Gasteiger partial charge is 0.0844 e. The molecule has 0 spiro atoms. The van der Waals surface area contributed by atoms with Crippen molar-refractivity contribution < 1.29 is 0 Å². The van der Waals surface area contributed by atoms with Gasteiger partial charge < -0.3 is 0 Å². The van der Waals surface area contributed by atoms with Gasteiger partial charge in [0.2, 0.25) is 0 Å². The summed E-state index contributed by atoms with van der Waals surface area (Å²) in [5.74, 6) is 0. The van der Waals surface area contributed by atoms with Gasteiger partial charge in [0.05, 0.1) is 3.55 Å². The van der Waals surface area contributed by atoms with E-state index in [4.69, 9.17) is 0 Å². The van der Waals surface area contributed by atoms with Gasteiger partial charge in [-0.15, -0.1) is 0 Å². The minimum Gasteiger partial charge on any atom is -0.294 e. The Balaban J connectivity index is 2.53. The van der Waals surface area contributed by atoms with Crippen LogP contribution >= 0.6 is 45.2 Å². The Labute approximate surface area is 83.8 Å². The highest BCUT2D eigenvalue weighted by Gasteiger charge is 2.44. The van der Waals surface area contributed by atoms with E-state index in [1.807, 2.05) is 0 Å². The Morgan fingerprint density at radius 2 is 2.11 bits per heavy atom. The highest BCUT2D eigenvalue weighted by Crippen LogP contribution is 2.46. The molecule has 54 valence electrons. The molecule has 0 N–H and O–H groups in total. The predicted octanol–water partition coefficient (Wildman–Crippen LogP) is 2.28. The molecule has 1 fully saturated rings. The summed E-state index contributed by atoms with van der Waals surface area (Å²) in [7, 11) is 4.33. The van der Waals surface area contributed by atoms with E-state index >= 15 is 0 Å². The third-order valence-electron chi connectivity index (χ3n) is 1.97. The zero-order valence-corrected chi connectivity index (χ0v) is 10.0. The molecule has 1 rings (SSSR count). The molecule has 2 unspecified atom stereocenters. The first-order chi connectivity index (χ1) is 4.07. The molecule has 1 nitrogen and oxygen atoms in total. The molecular weight excluding hydrogens is 340 g/mol. The van der Waals surface area contributed by atoms with Gasteiger partial charge in [-0.25, -0.2) is 0 Å². The van der Waals surface area contributed by atoms with Gasteiger partial charge in [0.1, 0.15) is 0 Å². The lowest BCUT2D eigenvalue weighted by Crippen LogP contribution is -2.52. The maximum Gasteiger partial charge on any atom is 0.0844 e. The van der Waals surface area contributed by atoms with Gasteiger partial charge in [-0.1, -0.05) is 45.2 Å². The fourth-order valence-corrected chi connectivity index (χ4v) is 2.80. The molecule has 3 heteroatoms. The van der Waals surface area contributed by atoms with E-state index in [-0.39, 0.29) is 0 Å². The van der Waals surface area contributed by atoms with E-state index in [0.29, 0.717) is 3.55 Å². The van der Waals surface area contributed by atoms with Crippen LogP contribution in [-0.4, -0.2) is 26.5 Å². The number of alkyl halides is 2. The third-order valence-corrected chi connectivity index (χ3v) is 7.07. The van der Waals surface area contributed by atoms with E-state index < -0.39 is 0 Å². The summed E-state index contributed by atoms with van der Waals surface area (Å²) in [6, 6.07) is 0. The van der Waals surface area contributed by atoms with Gasteiger partial charge in [-0.3, -0.25) is 4.90 Å². The van der Waals surface area contributed by atoms with Crippen LogP contribution in [0.5, 0.6) is 0 Å². The van der Waals surface area contributed by atoms with Crippen molar-refractivity contribution in [1.82, 2.24) is 4.90 Å². The van der Waals surface area contributed by atoms with Crippen molar-refractivity contribution in [2.24, 2.45) is 0 Å². The van der Waals surface area contributed by atoms with Crippen molar-refractivity contribution in [3.8, 4) is 0 Å². The summed E-state index contributed by atoms with van der Waals surface area (Å²) >= 11 is 5.10. The Morgan fingerprint density at radius 1 is 1.56 bits per heavy atom. The van der Waals surface area contributed by atoms with Crippen molar-refractivity contribution >= 4 is 45.2 Å². The highest BCUT2D eigenvalue weighted by molar-refractivity contribution is 14.1. The Kier molecular flexibility index (Phi) is 2.66. The molecule has 0 heterocycles. The maximum absolute atomic E-state index is 2.56. The van der Waals surface area contributed by atoms with E-state index in [0.717, 1.165) is 3.92 Å². The second-order valence-electron chi connectivity index (χ2n) is 2.72. The lowest BCUT2D eigenvalue weighted by molar-refractivity contribution is 0.192. The minimum atomic E-state index is 0.471. The molecular formula is C6H11I2N. The van der Waals surface area contributed by atoms with Crippen LogP contribution in [0.1, 0.15) is 12.8 Å². The van der Waals surface area contributed by atoms with Gasteiger partial charge in [0.15, 0.2) is 0 Å². The van der Waals surface area contributed by atoms with E-state index in [1.54, 1.807) is 0 Å². The lowest BCUT2D eigenvalue weighted by Gasteiger charge is -2.47. The number of hydrogen-bond donors (Lipinski definition) is 0. The van der Waals surface area contributed by atoms with Gasteiger partial charge in [-0.2, -0.15) is 0 Å². The fourth-order valence-electron chi connectivity index (χ4n) is 0.995. The molecule has 0 amide bonds. The average Bonchev–Trinajstić information content (AvgIpc) is 1.82. The van der Waals surface area contributed by atoms with Gasteiger partial charge in [-0.05, 0) is 26.9 Å². The Morgan fingerprint density at radius 3 is 2.11 bits per heavy atom. The van der Waals surface area contributed by atoms with Crippen molar-refractivity contribution in [1.29, 1.82) is 0 Å². The number of hydrogen-bond acceptors (Lipinski definition) is 1. The fraction of sp³-hybridized carbons (Fsp3) is 1.00. The zero-order chi connectivity index (χ0) is 7.07. The second kappa shape index (κ2) is 2.81. The third kappa shape index (κ3) is 1.38. The van der Waals surface area contributed by atoms with Crippen LogP contribution in [0.3, 0.4) is 0 Å². The quantitative estimate of drug-likeness (QED) is 0.398. The van der Waals surface area contributed by atoms with Crippen LogP contribution in [-0.2, 0) is 0 Å². The van der Waals surface area contributed by atoms with Crippen molar-refractivity contribution in [2.45, 2.75) is 20.3 Å². The summed E-state index contributed by atoms with van der Waals surface area (Å²) < 4.78 is 1.32. The monoisotopic (exact) mass is 351 g/mol. The van der Waals surface area contributed by atoms with E-state index in [9.17, 15) is 0 Å². The average molecular weight is 351 g/mol. The zero-order valence-electron chi connectivity index (χ0n) is 5.69. The summed E-state index contributed by atoms with van der Waals surface area (Å²) in [4.78, 5) is 2.33. The molecule has 0 aromatic heterocycles. The summed E-state index contributed by atoms with van der Waals surface area (Å²) in [6.45, 7) is 0. The topological polar surface area (TPSA) is 3.24 Å². The van der Waals surface area contributed by atoms with Gasteiger partial charge in [0, 0.05) is 3.92 Å². The van der Waals surface area contributed by atoms with Crippen LogP contribution in [0, 0.1) is 0 Å². The summed E-state index contributed by atoms with van der Waals surface area (Å²) in [6.07, 6.45) is 2.75. The van der Waals surface area contributed by atoms with Crippen LogP contribution in [0.2, 0.25) is 0 Å². The Bertz CT molecular complexity index is 109. The Hall–Kier alpha value is 1.42. The van der Waals surface area contributed by atoms with Crippen LogP contribution in [0.25, 0.3) is 0 Å². The summed E-state index contributed by atoms with van der Waals surface area (Å²) in [5, 5.41) is 0. The molecule has 0 radical (unpaired) electrons. The molecule has 0 saturated heterocycles. The van der Waals surface area contributed by atoms with Crippen molar-refractivity contribution in [3.05, 3.63) is 0 Å². The molecule has 1 aliphatic carbocycles.